The zero-order valence-electron chi connectivity index (χ0n) is 13.8. The van der Waals surface area contributed by atoms with Gasteiger partial charge in [0.05, 0.1) is 0 Å². The fourth-order valence-corrected chi connectivity index (χ4v) is 3.47. The number of amides is 1. The first-order chi connectivity index (χ1) is 11.9. The van der Waals surface area contributed by atoms with E-state index in [1.807, 2.05) is 0 Å². The van der Waals surface area contributed by atoms with Gasteiger partial charge in [-0.15, -0.1) is 11.3 Å². The van der Waals surface area contributed by atoms with Crippen molar-refractivity contribution in [2.45, 2.75) is 26.9 Å². The van der Waals surface area contributed by atoms with E-state index in [2.05, 4.69) is 10.5 Å². The molecular weight excluding hydrogens is 347 g/mol. The van der Waals surface area contributed by atoms with Crippen LogP contribution < -0.4 is 5.32 Å². The third-order valence-electron chi connectivity index (χ3n) is 3.62. The van der Waals surface area contributed by atoms with E-state index in [-0.39, 0.29) is 10.7 Å². The standard InChI is InChI=1S/C17H15FN2O4S/c1-8-7-13(20-24-8)19-16(21)10(3)23-17(22)15-9(2)14-11(18)5-4-6-12(14)25-15/h4-7,10H,1-3H3,(H,19,20,21). The molecule has 0 saturated carbocycles. The number of anilines is 1. The van der Waals surface area contributed by atoms with E-state index in [1.54, 1.807) is 32.0 Å². The van der Waals surface area contributed by atoms with Gasteiger partial charge in [0.25, 0.3) is 5.91 Å². The van der Waals surface area contributed by atoms with Gasteiger partial charge in [-0.1, -0.05) is 11.2 Å². The monoisotopic (exact) mass is 362 g/mol. The zero-order chi connectivity index (χ0) is 18.1. The lowest BCUT2D eigenvalue weighted by molar-refractivity contribution is -0.123. The van der Waals surface area contributed by atoms with Gasteiger partial charge < -0.3 is 14.6 Å². The number of thiophene rings is 1. The highest BCUT2D eigenvalue weighted by Crippen LogP contribution is 2.33. The van der Waals surface area contributed by atoms with Gasteiger partial charge in [-0.3, -0.25) is 4.79 Å². The average Bonchev–Trinajstić information content (AvgIpc) is 3.11. The van der Waals surface area contributed by atoms with Gasteiger partial charge in [0, 0.05) is 16.2 Å². The zero-order valence-corrected chi connectivity index (χ0v) is 14.6. The third-order valence-corrected chi connectivity index (χ3v) is 4.86. The predicted molar refractivity (Wildman–Crippen MR) is 91.3 cm³/mol. The van der Waals surface area contributed by atoms with Crippen molar-refractivity contribution < 1.29 is 23.2 Å². The molecule has 0 aliphatic rings. The minimum absolute atomic E-state index is 0.241. The van der Waals surface area contributed by atoms with Crippen LogP contribution in [0.4, 0.5) is 10.2 Å². The van der Waals surface area contributed by atoms with Crippen LogP contribution in [0.5, 0.6) is 0 Å². The smallest absolute Gasteiger partial charge is 0.349 e. The highest BCUT2D eigenvalue weighted by atomic mass is 32.1. The van der Waals surface area contributed by atoms with Gasteiger partial charge in [0.2, 0.25) is 0 Å². The summed E-state index contributed by atoms with van der Waals surface area (Å²) in [6.07, 6.45) is -1.04. The average molecular weight is 362 g/mol. The Morgan fingerprint density at radius 1 is 1.36 bits per heavy atom. The molecule has 1 aromatic carbocycles. The molecule has 0 aliphatic carbocycles. The second-order valence-electron chi connectivity index (χ2n) is 5.53. The van der Waals surface area contributed by atoms with E-state index < -0.39 is 23.8 Å². The summed E-state index contributed by atoms with van der Waals surface area (Å²) in [6, 6.07) is 6.20. The fourth-order valence-electron chi connectivity index (χ4n) is 2.37. The van der Waals surface area contributed by atoms with Crippen molar-refractivity contribution in [3.05, 3.63) is 46.3 Å². The molecule has 6 nitrogen and oxygen atoms in total. The van der Waals surface area contributed by atoms with Crippen LogP contribution in [0.25, 0.3) is 10.1 Å². The van der Waals surface area contributed by atoms with Gasteiger partial charge in [-0.2, -0.15) is 0 Å². The first kappa shape index (κ1) is 17.1. The van der Waals surface area contributed by atoms with Crippen LogP contribution in [0.2, 0.25) is 0 Å². The maximum Gasteiger partial charge on any atom is 0.349 e. The first-order valence-corrected chi connectivity index (χ1v) is 8.31. The molecule has 1 atom stereocenters. The highest BCUT2D eigenvalue weighted by Gasteiger charge is 2.24. The fraction of sp³-hybridized carbons (Fsp3) is 0.235. The number of hydrogen-bond acceptors (Lipinski definition) is 6. The number of nitrogens with zero attached hydrogens (tertiary/aromatic N) is 1. The van der Waals surface area contributed by atoms with Gasteiger partial charge in [-0.05, 0) is 38.5 Å². The van der Waals surface area contributed by atoms with E-state index in [0.717, 1.165) is 11.3 Å². The lowest BCUT2D eigenvalue weighted by atomic mass is 10.1. The Kier molecular flexibility index (Phi) is 4.54. The minimum Gasteiger partial charge on any atom is -0.448 e. The van der Waals surface area contributed by atoms with Crippen molar-refractivity contribution in [3.63, 3.8) is 0 Å². The number of esters is 1. The van der Waals surface area contributed by atoms with Crippen LogP contribution in [0, 0.1) is 19.7 Å². The van der Waals surface area contributed by atoms with Crippen molar-refractivity contribution >= 4 is 39.1 Å². The molecule has 0 spiro atoms. The van der Waals surface area contributed by atoms with Crippen molar-refractivity contribution in [2.75, 3.05) is 5.32 Å². The molecule has 0 aliphatic heterocycles. The number of aromatic nitrogens is 1. The molecule has 0 fully saturated rings. The van der Waals surface area contributed by atoms with E-state index >= 15 is 0 Å². The van der Waals surface area contributed by atoms with Crippen LogP contribution in [-0.2, 0) is 9.53 Å². The molecule has 25 heavy (non-hydrogen) atoms. The molecule has 1 unspecified atom stereocenters. The number of hydrogen-bond donors (Lipinski definition) is 1. The quantitative estimate of drug-likeness (QED) is 0.714. The van der Waals surface area contributed by atoms with E-state index in [9.17, 15) is 14.0 Å². The predicted octanol–water partition coefficient (Wildman–Crippen LogP) is 3.83. The van der Waals surface area contributed by atoms with Gasteiger partial charge >= 0.3 is 5.97 Å². The largest absolute Gasteiger partial charge is 0.448 e. The summed E-state index contributed by atoms with van der Waals surface area (Å²) in [5.74, 6) is -0.811. The van der Waals surface area contributed by atoms with Crippen LogP contribution in [-0.4, -0.2) is 23.1 Å². The summed E-state index contributed by atoms with van der Waals surface area (Å²) in [5.41, 5.74) is 0.503. The number of benzene rings is 1. The van der Waals surface area contributed by atoms with Gasteiger partial charge in [0.15, 0.2) is 11.9 Å². The van der Waals surface area contributed by atoms with E-state index in [4.69, 9.17) is 9.26 Å². The molecule has 2 heterocycles. The normalized spacial score (nSPS) is 12.2. The molecule has 0 bridgehead atoms. The Morgan fingerprint density at radius 2 is 2.12 bits per heavy atom. The Bertz CT molecular complexity index is 963. The lowest BCUT2D eigenvalue weighted by Crippen LogP contribution is -2.30. The maximum atomic E-state index is 13.9. The number of aryl methyl sites for hydroxylation is 2. The topological polar surface area (TPSA) is 81.4 Å². The number of carbonyl (C=O) groups is 2. The molecule has 0 radical (unpaired) electrons. The molecule has 1 amide bonds. The van der Waals surface area contributed by atoms with Crippen LogP contribution >= 0.6 is 11.3 Å². The van der Waals surface area contributed by atoms with Crippen LogP contribution in [0.1, 0.15) is 27.9 Å². The minimum atomic E-state index is -1.04. The summed E-state index contributed by atoms with van der Waals surface area (Å²) >= 11 is 1.13. The molecule has 3 aromatic rings. The molecular formula is C17H15FN2O4S. The SMILES string of the molecule is Cc1cc(NC(=O)C(C)OC(=O)c2sc3cccc(F)c3c2C)no1. The molecule has 2 aromatic heterocycles. The Morgan fingerprint density at radius 3 is 2.76 bits per heavy atom. The second-order valence-corrected chi connectivity index (χ2v) is 6.58. The Labute approximate surface area is 146 Å². The third kappa shape index (κ3) is 3.39. The van der Waals surface area contributed by atoms with E-state index in [1.165, 1.54) is 13.0 Å². The Balaban J connectivity index is 1.74. The summed E-state index contributed by atoms with van der Waals surface area (Å²) in [5, 5.41) is 6.53. The number of halogens is 1. The van der Waals surface area contributed by atoms with Crippen molar-refractivity contribution in [3.8, 4) is 0 Å². The van der Waals surface area contributed by atoms with Crippen molar-refractivity contribution in [2.24, 2.45) is 0 Å². The summed E-state index contributed by atoms with van der Waals surface area (Å²) in [7, 11) is 0. The molecule has 8 heteroatoms. The summed E-state index contributed by atoms with van der Waals surface area (Å²) < 4.78 is 24.6. The first-order valence-electron chi connectivity index (χ1n) is 7.49. The number of fused-ring (bicyclic) bond motifs is 1. The molecule has 130 valence electrons. The number of carbonyl (C=O) groups excluding carboxylic acids is 2. The molecule has 0 saturated heterocycles. The second kappa shape index (κ2) is 6.64. The molecule has 3 rings (SSSR count). The maximum absolute atomic E-state index is 13.9. The number of rotatable bonds is 4. The van der Waals surface area contributed by atoms with E-state index in [0.29, 0.717) is 21.4 Å². The lowest BCUT2D eigenvalue weighted by Gasteiger charge is -2.11. The highest BCUT2D eigenvalue weighted by molar-refractivity contribution is 7.21. The van der Waals surface area contributed by atoms with Gasteiger partial charge in [0.1, 0.15) is 16.5 Å². The van der Waals surface area contributed by atoms with Crippen molar-refractivity contribution in [1.29, 1.82) is 0 Å². The van der Waals surface area contributed by atoms with Crippen molar-refractivity contribution in [1.82, 2.24) is 5.16 Å². The summed E-state index contributed by atoms with van der Waals surface area (Å²) in [6.45, 7) is 4.79. The summed E-state index contributed by atoms with van der Waals surface area (Å²) in [4.78, 5) is 24.7. The van der Waals surface area contributed by atoms with Gasteiger partial charge in [-0.25, -0.2) is 9.18 Å². The van der Waals surface area contributed by atoms with Crippen LogP contribution in [0.3, 0.4) is 0 Å². The number of ether oxygens (including phenoxy) is 1. The Hall–Kier alpha value is -2.74. The van der Waals surface area contributed by atoms with Crippen LogP contribution in [0.15, 0.2) is 28.8 Å². The molecule has 1 N–H and O–H groups in total. The number of nitrogens with one attached hydrogen (secondary N) is 1.